The van der Waals surface area contributed by atoms with E-state index in [1.807, 2.05) is 72.8 Å². The quantitative estimate of drug-likeness (QED) is 0.649. The molecule has 0 atom stereocenters. The normalized spacial score (nSPS) is 16.2. The Bertz CT molecular complexity index is 858. The van der Waals surface area contributed by atoms with E-state index in [0.717, 1.165) is 26.6 Å². The highest BCUT2D eigenvalue weighted by molar-refractivity contribution is 8.04. The van der Waals surface area contributed by atoms with E-state index in [2.05, 4.69) is 10.8 Å². The standard InChI is InChI=1S/C18H15NOS/c20-21(14-8-2-1-3-9-14)18-13-7-5-11-16(18)15-10-4-6-12-17(15)19-21/h1-13,21H,(H,19,20). The van der Waals surface area contributed by atoms with Gasteiger partial charge >= 0.3 is 0 Å². The molecule has 0 aliphatic carbocycles. The fraction of sp³-hybridized carbons (Fsp3) is 0. The second-order valence-corrected chi connectivity index (χ2v) is 7.56. The Morgan fingerprint density at radius 3 is 2.10 bits per heavy atom. The molecule has 21 heavy (non-hydrogen) atoms. The number of benzene rings is 3. The van der Waals surface area contributed by atoms with E-state index < -0.39 is 10.1 Å². The van der Waals surface area contributed by atoms with Crippen LogP contribution in [0.25, 0.3) is 11.1 Å². The van der Waals surface area contributed by atoms with Crippen LogP contribution in [0.5, 0.6) is 0 Å². The molecule has 3 aromatic carbocycles. The maximum absolute atomic E-state index is 13.7. The molecule has 2 nitrogen and oxygen atoms in total. The van der Waals surface area contributed by atoms with Gasteiger partial charge in [0.2, 0.25) is 0 Å². The van der Waals surface area contributed by atoms with Crippen LogP contribution in [-0.2, 0) is 10.1 Å². The van der Waals surface area contributed by atoms with Gasteiger partial charge in [-0.2, -0.15) is 0 Å². The summed E-state index contributed by atoms with van der Waals surface area (Å²) in [6.45, 7) is 0. The zero-order valence-electron chi connectivity index (χ0n) is 11.4. The van der Waals surface area contributed by atoms with E-state index in [1.165, 1.54) is 0 Å². The molecule has 1 aliphatic heterocycles. The summed E-state index contributed by atoms with van der Waals surface area (Å²) in [5.74, 6) is 0. The molecule has 4 rings (SSSR count). The van der Waals surface area contributed by atoms with E-state index in [1.54, 1.807) is 0 Å². The van der Waals surface area contributed by atoms with Crippen molar-refractivity contribution in [2.75, 3.05) is 4.72 Å². The summed E-state index contributed by atoms with van der Waals surface area (Å²) in [7, 11) is -2.84. The summed E-state index contributed by atoms with van der Waals surface area (Å²) in [5, 5.41) is 0. The predicted octanol–water partition coefficient (Wildman–Crippen LogP) is 4.13. The van der Waals surface area contributed by atoms with Crippen molar-refractivity contribution in [1.82, 2.24) is 0 Å². The molecule has 1 heterocycles. The van der Waals surface area contributed by atoms with Gasteiger partial charge in [-0.15, -0.1) is 0 Å². The van der Waals surface area contributed by atoms with Crippen molar-refractivity contribution < 1.29 is 4.21 Å². The zero-order valence-corrected chi connectivity index (χ0v) is 12.3. The summed E-state index contributed by atoms with van der Waals surface area (Å²) in [6, 6.07) is 25.6. The van der Waals surface area contributed by atoms with Gasteiger partial charge in [-0.25, -0.2) is 0 Å². The van der Waals surface area contributed by atoms with E-state index >= 15 is 0 Å². The lowest BCUT2D eigenvalue weighted by Gasteiger charge is -2.34. The second-order valence-electron chi connectivity index (χ2n) is 5.12. The van der Waals surface area contributed by atoms with Gasteiger partial charge in [0.15, 0.2) is 0 Å². The van der Waals surface area contributed by atoms with Crippen molar-refractivity contribution in [2.24, 2.45) is 0 Å². The molecule has 0 saturated carbocycles. The highest BCUT2D eigenvalue weighted by Gasteiger charge is 2.29. The number of nitrogens with one attached hydrogen (secondary N) is 1. The maximum atomic E-state index is 13.7. The lowest BCUT2D eigenvalue weighted by Crippen LogP contribution is -2.27. The van der Waals surface area contributed by atoms with Gasteiger partial charge in [-0.1, -0.05) is 54.6 Å². The van der Waals surface area contributed by atoms with E-state index in [-0.39, 0.29) is 0 Å². The Labute approximate surface area is 125 Å². The second kappa shape index (κ2) is 4.57. The number of para-hydroxylation sites is 1. The van der Waals surface area contributed by atoms with Crippen LogP contribution in [0.2, 0.25) is 0 Å². The number of anilines is 1. The third-order valence-electron chi connectivity index (χ3n) is 3.86. The van der Waals surface area contributed by atoms with Gasteiger partial charge in [0.1, 0.15) is 0 Å². The first-order valence-corrected chi connectivity index (χ1v) is 8.63. The van der Waals surface area contributed by atoms with Gasteiger partial charge in [0.05, 0.1) is 5.69 Å². The van der Waals surface area contributed by atoms with Crippen molar-refractivity contribution in [3.05, 3.63) is 78.9 Å². The van der Waals surface area contributed by atoms with E-state index in [0.29, 0.717) is 0 Å². The van der Waals surface area contributed by atoms with E-state index in [9.17, 15) is 4.21 Å². The van der Waals surface area contributed by atoms with Crippen molar-refractivity contribution in [2.45, 2.75) is 9.79 Å². The molecule has 0 amide bonds. The third kappa shape index (κ3) is 1.82. The molecule has 0 saturated heterocycles. The first kappa shape index (κ1) is 12.4. The van der Waals surface area contributed by atoms with Crippen LogP contribution < -0.4 is 4.72 Å². The molecule has 0 bridgehead atoms. The number of hydrogen-bond acceptors (Lipinski definition) is 1. The Balaban J connectivity index is 2.03. The lowest BCUT2D eigenvalue weighted by atomic mass is 10.0. The topological polar surface area (TPSA) is 29.1 Å². The highest BCUT2D eigenvalue weighted by Crippen LogP contribution is 2.44. The van der Waals surface area contributed by atoms with Gasteiger partial charge < -0.3 is 4.72 Å². The van der Waals surface area contributed by atoms with Crippen LogP contribution in [0.4, 0.5) is 5.69 Å². The fourth-order valence-corrected chi connectivity index (χ4v) is 5.35. The van der Waals surface area contributed by atoms with Crippen molar-refractivity contribution in [3.63, 3.8) is 0 Å². The summed E-state index contributed by atoms with van der Waals surface area (Å²) in [4.78, 5) is 1.72. The fourth-order valence-electron chi connectivity index (χ4n) is 2.86. The Kier molecular flexibility index (Phi) is 2.69. The molecule has 0 unspecified atom stereocenters. The first-order chi connectivity index (χ1) is 10.3. The number of rotatable bonds is 1. The number of thiol groups is 1. The molecule has 0 radical (unpaired) electrons. The van der Waals surface area contributed by atoms with Crippen molar-refractivity contribution >= 4 is 15.8 Å². The average molecular weight is 293 g/mol. The first-order valence-electron chi connectivity index (χ1n) is 6.92. The molecule has 0 fully saturated rings. The Morgan fingerprint density at radius 2 is 1.29 bits per heavy atom. The van der Waals surface area contributed by atoms with Crippen LogP contribution in [0.3, 0.4) is 0 Å². The average Bonchev–Trinajstić information content (AvgIpc) is 2.56. The Hall–Kier alpha value is -2.39. The maximum Gasteiger partial charge on any atom is 0.0528 e. The Morgan fingerprint density at radius 1 is 0.667 bits per heavy atom. The number of fused-ring (bicyclic) bond motifs is 3. The van der Waals surface area contributed by atoms with Crippen molar-refractivity contribution in [3.8, 4) is 11.1 Å². The van der Waals surface area contributed by atoms with Gasteiger partial charge in [0, 0.05) is 25.5 Å². The minimum atomic E-state index is -2.84. The molecule has 0 spiro atoms. The highest BCUT2D eigenvalue weighted by atomic mass is 32.3. The minimum Gasteiger partial charge on any atom is -0.319 e. The van der Waals surface area contributed by atoms with Gasteiger partial charge in [0.25, 0.3) is 0 Å². The molecule has 3 heteroatoms. The SMILES string of the molecule is O=[SH]1(c2ccccc2)Nc2ccccc2-c2ccccc21. The van der Waals surface area contributed by atoms with Crippen LogP contribution in [0, 0.1) is 0 Å². The minimum absolute atomic E-state index is 0.840. The van der Waals surface area contributed by atoms with Crippen LogP contribution in [0.15, 0.2) is 88.7 Å². The largest absolute Gasteiger partial charge is 0.319 e. The smallest absolute Gasteiger partial charge is 0.0528 e. The molecule has 0 aromatic heterocycles. The molecule has 104 valence electrons. The lowest BCUT2D eigenvalue weighted by molar-refractivity contribution is 0.673. The van der Waals surface area contributed by atoms with E-state index in [4.69, 9.17) is 0 Å². The van der Waals surface area contributed by atoms with Gasteiger partial charge in [-0.3, -0.25) is 4.21 Å². The number of hydrogen-bond donors (Lipinski definition) is 2. The summed E-state index contributed by atoms with van der Waals surface area (Å²) >= 11 is 0. The molecular formula is C18H15NOS. The van der Waals surface area contributed by atoms with Crippen LogP contribution in [0.1, 0.15) is 0 Å². The van der Waals surface area contributed by atoms with Gasteiger partial charge in [-0.05, 0) is 29.8 Å². The monoisotopic (exact) mass is 293 g/mol. The summed E-state index contributed by atoms with van der Waals surface area (Å²) < 4.78 is 17.0. The van der Waals surface area contributed by atoms with Crippen molar-refractivity contribution in [1.29, 1.82) is 0 Å². The summed E-state index contributed by atoms with van der Waals surface area (Å²) in [5.41, 5.74) is 3.10. The molecule has 3 aromatic rings. The molecule has 1 N–H and O–H groups in total. The third-order valence-corrected chi connectivity index (χ3v) is 6.51. The molecular weight excluding hydrogens is 278 g/mol. The predicted molar refractivity (Wildman–Crippen MR) is 88.0 cm³/mol. The van der Waals surface area contributed by atoms with Crippen LogP contribution >= 0.6 is 0 Å². The molecule has 1 aliphatic rings. The van der Waals surface area contributed by atoms with Crippen LogP contribution in [-0.4, -0.2) is 4.21 Å². The summed E-state index contributed by atoms with van der Waals surface area (Å²) in [6.07, 6.45) is 0. The zero-order chi connectivity index (χ0) is 14.3.